The van der Waals surface area contributed by atoms with Crippen LogP contribution >= 0.6 is 0 Å². The van der Waals surface area contributed by atoms with Gasteiger partial charge in [0.1, 0.15) is 5.82 Å². The Labute approximate surface area is 164 Å². The van der Waals surface area contributed by atoms with Crippen LogP contribution < -0.4 is 4.74 Å². The van der Waals surface area contributed by atoms with Gasteiger partial charge >= 0.3 is 0 Å². The van der Waals surface area contributed by atoms with E-state index in [0.29, 0.717) is 30.8 Å². The second-order valence-electron chi connectivity index (χ2n) is 7.00. The van der Waals surface area contributed by atoms with Crippen LogP contribution in [0.1, 0.15) is 44.6 Å². The molecule has 0 amide bonds. The minimum atomic E-state index is -1.05. The summed E-state index contributed by atoms with van der Waals surface area (Å²) in [5.74, 6) is -2.68. The van der Waals surface area contributed by atoms with Crippen LogP contribution in [0.15, 0.2) is 42.5 Å². The Morgan fingerprint density at radius 1 is 1.11 bits per heavy atom. The summed E-state index contributed by atoms with van der Waals surface area (Å²) in [6.45, 7) is 4.57. The van der Waals surface area contributed by atoms with Crippen molar-refractivity contribution in [3.05, 3.63) is 65.5 Å². The highest BCUT2D eigenvalue weighted by atomic mass is 19.2. The van der Waals surface area contributed by atoms with Gasteiger partial charge in [0.15, 0.2) is 11.6 Å². The van der Waals surface area contributed by atoms with Crippen molar-refractivity contribution >= 4 is 0 Å². The van der Waals surface area contributed by atoms with Crippen molar-refractivity contribution in [3.63, 3.8) is 0 Å². The summed E-state index contributed by atoms with van der Waals surface area (Å²) in [5.41, 5.74) is 0.856. The molecule has 0 aromatic heterocycles. The van der Waals surface area contributed by atoms with E-state index in [1.807, 2.05) is 26.0 Å². The van der Waals surface area contributed by atoms with E-state index in [1.54, 1.807) is 12.1 Å². The third kappa shape index (κ3) is 4.41. The fourth-order valence-corrected chi connectivity index (χ4v) is 3.49. The molecule has 0 saturated carbocycles. The first-order valence-electron chi connectivity index (χ1n) is 9.70. The van der Waals surface area contributed by atoms with E-state index >= 15 is 0 Å². The van der Waals surface area contributed by atoms with Crippen LogP contribution in [-0.2, 0) is 4.74 Å². The van der Waals surface area contributed by atoms with E-state index in [9.17, 15) is 13.2 Å². The van der Waals surface area contributed by atoms with E-state index in [4.69, 9.17) is 9.47 Å². The maximum atomic E-state index is 14.7. The smallest absolute Gasteiger partial charge is 0.201 e. The molecule has 2 aromatic rings. The van der Waals surface area contributed by atoms with Gasteiger partial charge in [-0.25, -0.2) is 8.78 Å². The molecular formula is C23H25F3O2. The second-order valence-corrected chi connectivity index (χ2v) is 7.00. The molecule has 0 bridgehead atoms. The van der Waals surface area contributed by atoms with E-state index in [2.05, 4.69) is 0 Å². The van der Waals surface area contributed by atoms with Crippen molar-refractivity contribution in [2.45, 2.75) is 45.1 Å². The van der Waals surface area contributed by atoms with Crippen molar-refractivity contribution < 1.29 is 22.6 Å². The van der Waals surface area contributed by atoms with Crippen LogP contribution in [0, 0.1) is 17.5 Å². The van der Waals surface area contributed by atoms with E-state index < -0.39 is 17.5 Å². The molecule has 5 heteroatoms. The topological polar surface area (TPSA) is 18.5 Å². The largest absolute Gasteiger partial charge is 0.490 e. The molecule has 1 heterocycles. The summed E-state index contributed by atoms with van der Waals surface area (Å²) in [4.78, 5) is 0. The number of benzene rings is 2. The second kappa shape index (κ2) is 9.28. The zero-order chi connectivity index (χ0) is 20.1. The van der Waals surface area contributed by atoms with Crippen LogP contribution in [0.3, 0.4) is 0 Å². The number of hydrogen-bond donors (Lipinski definition) is 0. The summed E-state index contributed by atoms with van der Waals surface area (Å²) < 4.78 is 54.4. The monoisotopic (exact) mass is 390 g/mol. The van der Waals surface area contributed by atoms with Crippen molar-refractivity contribution in [1.82, 2.24) is 0 Å². The molecule has 2 aromatic carbocycles. The van der Waals surface area contributed by atoms with E-state index in [-0.39, 0.29) is 23.3 Å². The molecule has 2 nitrogen and oxygen atoms in total. The zero-order valence-corrected chi connectivity index (χ0v) is 16.2. The SMILES string of the molecule is C/C=C/C1CCC(c2ccc(-c3ccc(OCCC)c(F)c3F)cc2F)CO1. The normalized spacial score (nSPS) is 19.9. The number of halogens is 3. The lowest BCUT2D eigenvalue weighted by Crippen LogP contribution is -2.23. The third-order valence-corrected chi connectivity index (χ3v) is 4.98. The highest BCUT2D eigenvalue weighted by Crippen LogP contribution is 2.34. The summed E-state index contributed by atoms with van der Waals surface area (Å²) in [6.07, 6.45) is 6.37. The van der Waals surface area contributed by atoms with E-state index in [0.717, 1.165) is 12.8 Å². The highest BCUT2D eigenvalue weighted by Gasteiger charge is 2.24. The van der Waals surface area contributed by atoms with Gasteiger partial charge in [-0.05, 0) is 55.5 Å². The van der Waals surface area contributed by atoms with Gasteiger partial charge in [-0.3, -0.25) is 0 Å². The van der Waals surface area contributed by atoms with Gasteiger partial charge < -0.3 is 9.47 Å². The standard InChI is InChI=1S/C23H25F3O2/c1-3-5-17-8-6-16(14-28-17)18-9-7-15(13-20(18)24)19-10-11-21(27-12-4-2)23(26)22(19)25/h3,5,7,9-11,13,16-17H,4,6,8,12,14H2,1-2H3/b5-3+. The molecule has 3 rings (SSSR count). The quantitative estimate of drug-likeness (QED) is 0.532. The first-order chi connectivity index (χ1) is 13.5. The highest BCUT2D eigenvalue weighted by molar-refractivity contribution is 5.66. The maximum absolute atomic E-state index is 14.7. The van der Waals surface area contributed by atoms with Crippen LogP contribution in [0.25, 0.3) is 11.1 Å². The average molecular weight is 390 g/mol. The first-order valence-corrected chi connectivity index (χ1v) is 9.70. The lowest BCUT2D eigenvalue weighted by molar-refractivity contribution is 0.0319. The van der Waals surface area contributed by atoms with Gasteiger partial charge in [-0.2, -0.15) is 4.39 Å². The minimum Gasteiger partial charge on any atom is -0.490 e. The predicted molar refractivity (Wildman–Crippen MR) is 104 cm³/mol. The molecule has 28 heavy (non-hydrogen) atoms. The number of hydrogen-bond acceptors (Lipinski definition) is 2. The van der Waals surface area contributed by atoms with Gasteiger partial charge in [-0.15, -0.1) is 0 Å². The van der Waals surface area contributed by atoms with E-state index in [1.165, 1.54) is 18.2 Å². The van der Waals surface area contributed by atoms with Crippen molar-refractivity contribution in [3.8, 4) is 16.9 Å². The molecule has 150 valence electrons. The Balaban J connectivity index is 1.80. The Morgan fingerprint density at radius 2 is 1.93 bits per heavy atom. The Bertz CT molecular complexity index is 840. The summed E-state index contributed by atoms with van der Waals surface area (Å²) in [5, 5.41) is 0. The first kappa shape index (κ1) is 20.5. The molecule has 1 aliphatic rings. The number of rotatable bonds is 6. The fourth-order valence-electron chi connectivity index (χ4n) is 3.49. The predicted octanol–water partition coefficient (Wildman–Crippen LogP) is 6.40. The van der Waals surface area contributed by atoms with Crippen LogP contribution in [-0.4, -0.2) is 19.3 Å². The lowest BCUT2D eigenvalue weighted by Gasteiger charge is -2.28. The molecule has 0 radical (unpaired) electrons. The van der Waals surface area contributed by atoms with Crippen LogP contribution in [0.5, 0.6) is 5.75 Å². The number of ether oxygens (including phenoxy) is 2. The summed E-state index contributed by atoms with van der Waals surface area (Å²) in [6, 6.07) is 7.33. The fraction of sp³-hybridized carbons (Fsp3) is 0.391. The minimum absolute atomic E-state index is 0.0137. The Morgan fingerprint density at radius 3 is 2.57 bits per heavy atom. The van der Waals surface area contributed by atoms with Crippen LogP contribution in [0.2, 0.25) is 0 Å². The van der Waals surface area contributed by atoms with Crippen LogP contribution in [0.4, 0.5) is 13.2 Å². The molecule has 2 atom stereocenters. The number of allylic oxidation sites excluding steroid dienone is 1. The molecular weight excluding hydrogens is 365 g/mol. The zero-order valence-electron chi connectivity index (χ0n) is 16.2. The van der Waals surface area contributed by atoms with Crippen molar-refractivity contribution in [2.75, 3.05) is 13.2 Å². The van der Waals surface area contributed by atoms with Gasteiger partial charge in [-0.1, -0.05) is 31.2 Å². The Hall–Kier alpha value is -2.27. The van der Waals surface area contributed by atoms with Gasteiger partial charge in [0.2, 0.25) is 5.82 Å². The van der Waals surface area contributed by atoms with Crippen molar-refractivity contribution in [2.24, 2.45) is 0 Å². The lowest BCUT2D eigenvalue weighted by atomic mass is 9.89. The van der Waals surface area contributed by atoms with Crippen molar-refractivity contribution in [1.29, 1.82) is 0 Å². The molecule has 1 fully saturated rings. The molecule has 0 spiro atoms. The molecule has 0 aliphatic carbocycles. The average Bonchev–Trinajstić information content (AvgIpc) is 2.70. The van der Waals surface area contributed by atoms with Gasteiger partial charge in [0.05, 0.1) is 19.3 Å². The summed E-state index contributed by atoms with van der Waals surface area (Å²) >= 11 is 0. The summed E-state index contributed by atoms with van der Waals surface area (Å²) in [7, 11) is 0. The third-order valence-electron chi connectivity index (χ3n) is 4.98. The van der Waals surface area contributed by atoms with Gasteiger partial charge in [0, 0.05) is 11.5 Å². The molecule has 1 saturated heterocycles. The maximum Gasteiger partial charge on any atom is 0.201 e. The van der Waals surface area contributed by atoms with Gasteiger partial charge in [0.25, 0.3) is 0 Å². The molecule has 1 aliphatic heterocycles. The Kier molecular flexibility index (Phi) is 6.79. The molecule has 2 unspecified atom stereocenters. The molecule has 0 N–H and O–H groups in total.